The van der Waals surface area contributed by atoms with Crippen molar-refractivity contribution in [3.8, 4) is 0 Å². The number of aliphatic hydroxyl groups is 1. The van der Waals surface area contributed by atoms with Crippen LogP contribution in [0.25, 0.3) is 0 Å². The van der Waals surface area contributed by atoms with Gasteiger partial charge in [0, 0.05) is 0 Å². The van der Waals surface area contributed by atoms with Gasteiger partial charge in [0.15, 0.2) is 0 Å². The van der Waals surface area contributed by atoms with E-state index in [1.54, 1.807) is 6.92 Å². The van der Waals surface area contributed by atoms with Crippen LogP contribution in [0.3, 0.4) is 0 Å². The van der Waals surface area contributed by atoms with E-state index in [1.165, 1.54) is 12.1 Å². The molecule has 1 atom stereocenters. The van der Waals surface area contributed by atoms with Crippen LogP contribution in [0.5, 0.6) is 0 Å². The lowest BCUT2D eigenvalue weighted by molar-refractivity contribution is 0.180. The third-order valence-electron chi connectivity index (χ3n) is 2.25. The first kappa shape index (κ1) is 11.2. The van der Waals surface area contributed by atoms with Gasteiger partial charge in [-0.2, -0.15) is 0 Å². The maximum Gasteiger partial charge on any atom is 0.123 e. The topological polar surface area (TPSA) is 20.2 Å². The number of benzene rings is 1. The third kappa shape index (κ3) is 4.38. The van der Waals surface area contributed by atoms with E-state index in [1.807, 2.05) is 12.1 Å². The van der Waals surface area contributed by atoms with Gasteiger partial charge < -0.3 is 5.11 Å². The number of hydrogen-bond donors (Lipinski definition) is 1. The van der Waals surface area contributed by atoms with E-state index in [9.17, 15) is 4.39 Å². The number of aryl methyl sites for hydroxylation is 1. The monoisotopic (exact) mass is 196 g/mol. The average molecular weight is 196 g/mol. The molecule has 1 N–H and O–H groups in total. The summed E-state index contributed by atoms with van der Waals surface area (Å²) in [5.74, 6) is -0.183. The summed E-state index contributed by atoms with van der Waals surface area (Å²) >= 11 is 0. The molecule has 0 aliphatic heterocycles. The van der Waals surface area contributed by atoms with Crippen molar-refractivity contribution in [2.75, 3.05) is 0 Å². The Bertz CT molecular complexity index is 254. The Hall–Kier alpha value is -0.890. The van der Waals surface area contributed by atoms with Crippen molar-refractivity contribution in [3.63, 3.8) is 0 Å². The largest absolute Gasteiger partial charge is 0.393 e. The van der Waals surface area contributed by atoms with Gasteiger partial charge in [0.1, 0.15) is 5.82 Å². The molecule has 0 aliphatic carbocycles. The van der Waals surface area contributed by atoms with Crippen LogP contribution in [-0.4, -0.2) is 11.2 Å². The molecule has 0 radical (unpaired) electrons. The minimum absolute atomic E-state index is 0.183. The molecule has 0 amide bonds. The van der Waals surface area contributed by atoms with E-state index < -0.39 is 0 Å². The van der Waals surface area contributed by atoms with Gasteiger partial charge in [0.05, 0.1) is 6.10 Å². The van der Waals surface area contributed by atoms with Gasteiger partial charge in [-0.25, -0.2) is 4.39 Å². The molecule has 0 heterocycles. The van der Waals surface area contributed by atoms with Crippen LogP contribution in [0.1, 0.15) is 31.7 Å². The van der Waals surface area contributed by atoms with Crippen LogP contribution < -0.4 is 0 Å². The lowest BCUT2D eigenvalue weighted by Crippen LogP contribution is -1.98. The zero-order chi connectivity index (χ0) is 10.4. The molecule has 2 heteroatoms. The molecule has 0 saturated heterocycles. The van der Waals surface area contributed by atoms with Gasteiger partial charge in [0.25, 0.3) is 0 Å². The lowest BCUT2D eigenvalue weighted by atomic mass is 10.1. The lowest BCUT2D eigenvalue weighted by Gasteiger charge is -2.03. The van der Waals surface area contributed by atoms with E-state index in [2.05, 4.69) is 0 Å². The maximum absolute atomic E-state index is 12.5. The zero-order valence-electron chi connectivity index (χ0n) is 8.54. The molecule has 0 fully saturated rings. The quantitative estimate of drug-likeness (QED) is 0.718. The molecule has 0 spiro atoms. The molecule has 14 heavy (non-hydrogen) atoms. The molecule has 0 aliphatic rings. The number of halogens is 1. The first-order chi connectivity index (χ1) is 6.68. The van der Waals surface area contributed by atoms with Gasteiger partial charge in [0.2, 0.25) is 0 Å². The van der Waals surface area contributed by atoms with Gasteiger partial charge >= 0.3 is 0 Å². The Morgan fingerprint density at radius 2 is 1.86 bits per heavy atom. The summed E-state index contributed by atoms with van der Waals surface area (Å²) in [4.78, 5) is 0. The number of hydrogen-bond acceptors (Lipinski definition) is 1. The van der Waals surface area contributed by atoms with E-state index in [0.29, 0.717) is 0 Å². The summed E-state index contributed by atoms with van der Waals surface area (Å²) in [6.07, 6.45) is 3.68. The van der Waals surface area contributed by atoms with E-state index in [-0.39, 0.29) is 11.9 Å². The van der Waals surface area contributed by atoms with E-state index >= 15 is 0 Å². The molecule has 0 unspecified atom stereocenters. The fourth-order valence-electron chi connectivity index (χ4n) is 1.42. The van der Waals surface area contributed by atoms with Crippen molar-refractivity contribution in [1.82, 2.24) is 0 Å². The third-order valence-corrected chi connectivity index (χ3v) is 2.25. The van der Waals surface area contributed by atoms with Crippen molar-refractivity contribution in [3.05, 3.63) is 35.6 Å². The fraction of sp³-hybridized carbons (Fsp3) is 0.500. The SMILES string of the molecule is C[C@@H](O)CCCCc1ccc(F)cc1. The molecule has 1 aromatic rings. The highest BCUT2D eigenvalue weighted by atomic mass is 19.1. The van der Waals surface area contributed by atoms with Crippen LogP contribution in [0.2, 0.25) is 0 Å². The van der Waals surface area contributed by atoms with Gasteiger partial charge in [-0.05, 0) is 43.9 Å². The van der Waals surface area contributed by atoms with Gasteiger partial charge in [-0.15, -0.1) is 0 Å². The summed E-state index contributed by atoms with van der Waals surface area (Å²) in [6, 6.07) is 6.61. The highest BCUT2D eigenvalue weighted by Crippen LogP contribution is 2.08. The second kappa shape index (κ2) is 5.76. The maximum atomic E-state index is 12.5. The molecular formula is C12H17FO. The average Bonchev–Trinajstić information content (AvgIpc) is 2.15. The standard InChI is InChI=1S/C12H17FO/c1-10(14)4-2-3-5-11-6-8-12(13)9-7-11/h6-10,14H,2-5H2,1H3/t10-/m1/s1. The molecule has 1 nitrogen and oxygen atoms in total. The highest BCUT2D eigenvalue weighted by Gasteiger charge is 1.97. The van der Waals surface area contributed by atoms with Gasteiger partial charge in [-0.3, -0.25) is 0 Å². The Balaban J connectivity index is 2.21. The predicted octanol–water partition coefficient (Wildman–Crippen LogP) is 2.92. The molecule has 0 bridgehead atoms. The molecular weight excluding hydrogens is 179 g/mol. The Morgan fingerprint density at radius 3 is 2.43 bits per heavy atom. The van der Waals surface area contributed by atoms with Crippen LogP contribution in [0, 0.1) is 5.82 Å². The molecule has 1 aromatic carbocycles. The van der Waals surface area contributed by atoms with Crippen LogP contribution in [0.15, 0.2) is 24.3 Å². The van der Waals surface area contributed by atoms with Gasteiger partial charge in [-0.1, -0.05) is 18.6 Å². The summed E-state index contributed by atoms with van der Waals surface area (Å²) in [5, 5.41) is 9.04. The fourth-order valence-corrected chi connectivity index (χ4v) is 1.42. The summed E-state index contributed by atoms with van der Waals surface area (Å²) < 4.78 is 12.5. The van der Waals surface area contributed by atoms with Crippen LogP contribution in [-0.2, 0) is 6.42 Å². The van der Waals surface area contributed by atoms with E-state index in [4.69, 9.17) is 5.11 Å². The Morgan fingerprint density at radius 1 is 1.21 bits per heavy atom. The molecule has 0 aromatic heterocycles. The second-order valence-electron chi connectivity index (χ2n) is 3.72. The van der Waals surface area contributed by atoms with E-state index in [0.717, 1.165) is 31.2 Å². The summed E-state index contributed by atoms with van der Waals surface area (Å²) in [7, 11) is 0. The number of rotatable bonds is 5. The van der Waals surface area contributed by atoms with Crippen molar-refractivity contribution < 1.29 is 9.50 Å². The highest BCUT2D eigenvalue weighted by molar-refractivity contribution is 5.15. The van der Waals surface area contributed by atoms with Crippen molar-refractivity contribution in [2.45, 2.75) is 38.7 Å². The first-order valence-corrected chi connectivity index (χ1v) is 5.11. The first-order valence-electron chi connectivity index (χ1n) is 5.11. The zero-order valence-corrected chi connectivity index (χ0v) is 8.54. The normalized spacial score (nSPS) is 12.8. The van der Waals surface area contributed by atoms with Crippen LogP contribution in [0.4, 0.5) is 4.39 Å². The second-order valence-corrected chi connectivity index (χ2v) is 3.72. The smallest absolute Gasteiger partial charge is 0.123 e. The minimum Gasteiger partial charge on any atom is -0.393 e. The number of unbranched alkanes of at least 4 members (excludes halogenated alkanes) is 1. The molecule has 0 saturated carbocycles. The Labute approximate surface area is 84.6 Å². The predicted molar refractivity (Wildman–Crippen MR) is 55.6 cm³/mol. The molecule has 1 rings (SSSR count). The van der Waals surface area contributed by atoms with Crippen molar-refractivity contribution >= 4 is 0 Å². The summed E-state index contributed by atoms with van der Waals surface area (Å²) in [6.45, 7) is 1.80. The summed E-state index contributed by atoms with van der Waals surface area (Å²) in [5.41, 5.74) is 1.16. The number of aliphatic hydroxyl groups excluding tert-OH is 1. The van der Waals surface area contributed by atoms with Crippen molar-refractivity contribution in [2.24, 2.45) is 0 Å². The minimum atomic E-state index is -0.205. The van der Waals surface area contributed by atoms with Crippen LogP contribution >= 0.6 is 0 Å². The van der Waals surface area contributed by atoms with Crippen molar-refractivity contribution in [1.29, 1.82) is 0 Å². The molecule has 78 valence electrons. The Kier molecular flexibility index (Phi) is 4.60.